The Morgan fingerprint density at radius 2 is 1.81 bits per heavy atom. The summed E-state index contributed by atoms with van der Waals surface area (Å²) in [7, 11) is 0. The molecule has 0 aliphatic carbocycles. The van der Waals surface area contributed by atoms with Crippen LogP contribution in [0.5, 0.6) is 5.75 Å². The summed E-state index contributed by atoms with van der Waals surface area (Å²) in [5.74, 6) is 0.426. The number of hydrogen-bond acceptors (Lipinski definition) is 7. The molecule has 1 aliphatic heterocycles. The summed E-state index contributed by atoms with van der Waals surface area (Å²) >= 11 is 0. The lowest BCUT2D eigenvalue weighted by atomic mass is 9.96. The lowest BCUT2D eigenvalue weighted by Crippen LogP contribution is -2.31. The van der Waals surface area contributed by atoms with Crippen molar-refractivity contribution in [3.05, 3.63) is 46.1 Å². The molecule has 0 fully saturated rings. The number of likely N-dealkylation sites (N-methyl/N-ethyl adjacent to an activating group) is 1. The quantitative estimate of drug-likeness (QED) is 0.289. The summed E-state index contributed by atoms with van der Waals surface area (Å²) in [6, 6.07) is 7.10. The van der Waals surface area contributed by atoms with Gasteiger partial charge in [0.25, 0.3) is 0 Å². The minimum atomic E-state index is -0.709. The molecule has 2 heterocycles. The summed E-state index contributed by atoms with van der Waals surface area (Å²) < 4.78 is 18.2. The summed E-state index contributed by atoms with van der Waals surface area (Å²) in [5.41, 5.74) is 0.708. The number of anilines is 2. The van der Waals surface area contributed by atoms with Crippen LogP contribution in [0.2, 0.25) is 0 Å². The van der Waals surface area contributed by atoms with E-state index in [0.29, 0.717) is 39.9 Å². The Hall–Kier alpha value is -3.52. The molecule has 37 heavy (non-hydrogen) atoms. The third-order valence-corrected chi connectivity index (χ3v) is 6.28. The van der Waals surface area contributed by atoms with Crippen LogP contribution in [-0.2, 0) is 4.74 Å². The molecule has 0 spiro atoms. The fourth-order valence-electron chi connectivity index (χ4n) is 4.46. The molecule has 0 atom stereocenters. The smallest absolute Gasteiger partial charge is 0.412 e. The van der Waals surface area contributed by atoms with Gasteiger partial charge in [0, 0.05) is 18.7 Å². The Balaban J connectivity index is 1.98. The third-order valence-electron chi connectivity index (χ3n) is 6.28. The number of amides is 1. The van der Waals surface area contributed by atoms with Gasteiger partial charge >= 0.3 is 6.09 Å². The molecule has 2 N–H and O–H groups in total. The monoisotopic (exact) mass is 507 g/mol. The van der Waals surface area contributed by atoms with E-state index in [2.05, 4.69) is 29.4 Å². The molecule has 4 rings (SSSR count). The molecular weight excluding hydrogens is 470 g/mol. The fourth-order valence-corrected chi connectivity index (χ4v) is 4.46. The van der Waals surface area contributed by atoms with Crippen LogP contribution in [0, 0.1) is 0 Å². The predicted octanol–water partition coefficient (Wildman–Crippen LogP) is 6.23. The van der Waals surface area contributed by atoms with E-state index in [1.807, 2.05) is 38.1 Å². The topological polar surface area (TPSA) is 93.0 Å². The van der Waals surface area contributed by atoms with Crippen LogP contribution < -0.4 is 20.8 Å². The first-order valence-electron chi connectivity index (χ1n) is 12.8. The number of fused-ring (bicyclic) bond motifs is 3. The molecule has 1 amide bonds. The van der Waals surface area contributed by atoms with Crippen LogP contribution in [0.4, 0.5) is 16.2 Å². The van der Waals surface area contributed by atoms with Gasteiger partial charge in [-0.1, -0.05) is 26.0 Å². The molecule has 2 aromatic carbocycles. The van der Waals surface area contributed by atoms with E-state index < -0.39 is 17.3 Å². The minimum Gasteiger partial charge on any atom is -0.481 e. The van der Waals surface area contributed by atoms with Gasteiger partial charge in [-0.05, 0) is 72.0 Å². The van der Waals surface area contributed by atoms with E-state index in [1.165, 1.54) is 0 Å². The van der Waals surface area contributed by atoms with E-state index in [1.54, 1.807) is 32.9 Å². The molecule has 1 aliphatic rings. The Labute approximate surface area is 217 Å². The summed E-state index contributed by atoms with van der Waals surface area (Å²) in [6.07, 6.45) is 3.22. The van der Waals surface area contributed by atoms with E-state index in [-0.39, 0.29) is 16.7 Å². The number of benzene rings is 2. The number of nitrogens with one attached hydrogen (secondary N) is 2. The first-order valence-corrected chi connectivity index (χ1v) is 12.8. The van der Waals surface area contributed by atoms with Crippen molar-refractivity contribution >= 4 is 45.5 Å². The van der Waals surface area contributed by atoms with Crippen molar-refractivity contribution in [2.45, 2.75) is 59.7 Å². The summed E-state index contributed by atoms with van der Waals surface area (Å²) in [6.45, 7) is 16.8. The van der Waals surface area contributed by atoms with Crippen molar-refractivity contribution in [2.75, 3.05) is 36.8 Å². The molecular formula is C29H37N3O5. The summed E-state index contributed by atoms with van der Waals surface area (Å²) in [4.78, 5) is 29.1. The van der Waals surface area contributed by atoms with Gasteiger partial charge in [-0.3, -0.25) is 10.1 Å². The minimum absolute atomic E-state index is 0.185. The highest BCUT2D eigenvalue weighted by Gasteiger charge is 2.32. The molecule has 1 aromatic heterocycles. The van der Waals surface area contributed by atoms with Gasteiger partial charge in [0.05, 0.1) is 16.5 Å². The molecule has 0 saturated heterocycles. The van der Waals surface area contributed by atoms with E-state index in [9.17, 15) is 9.59 Å². The molecule has 3 aromatic rings. The average molecular weight is 508 g/mol. The number of nitrogens with zero attached hydrogens (tertiary/aromatic N) is 1. The molecule has 0 bridgehead atoms. The maximum atomic E-state index is 13.9. The average Bonchev–Trinajstić information content (AvgIpc) is 2.82. The molecule has 198 valence electrons. The normalized spacial score (nSPS) is 14.5. The zero-order valence-electron chi connectivity index (χ0n) is 22.8. The second-order valence-corrected chi connectivity index (χ2v) is 10.7. The van der Waals surface area contributed by atoms with Crippen LogP contribution in [0.15, 0.2) is 39.6 Å². The SMILES string of the molecule is CCN(CC)CCNc1c2c(c(NC(=O)OC(C)(C)C)c3oc4ccccc4c(=O)c13)OC(C)(C)C=C2. The zero-order chi connectivity index (χ0) is 27.0. The lowest BCUT2D eigenvalue weighted by Gasteiger charge is -2.32. The maximum absolute atomic E-state index is 13.9. The second kappa shape index (κ2) is 10.1. The predicted molar refractivity (Wildman–Crippen MR) is 150 cm³/mol. The highest BCUT2D eigenvalue weighted by molar-refractivity contribution is 6.11. The van der Waals surface area contributed by atoms with E-state index in [4.69, 9.17) is 13.9 Å². The van der Waals surface area contributed by atoms with Crippen molar-refractivity contribution in [2.24, 2.45) is 0 Å². The number of carbonyl (C=O) groups is 1. The van der Waals surface area contributed by atoms with Gasteiger partial charge in [0.2, 0.25) is 5.43 Å². The van der Waals surface area contributed by atoms with E-state index in [0.717, 1.165) is 19.6 Å². The van der Waals surface area contributed by atoms with Crippen molar-refractivity contribution in [3.8, 4) is 5.75 Å². The maximum Gasteiger partial charge on any atom is 0.412 e. The Morgan fingerprint density at radius 1 is 1.11 bits per heavy atom. The van der Waals surface area contributed by atoms with Gasteiger partial charge in [-0.25, -0.2) is 4.79 Å². The molecule has 8 nitrogen and oxygen atoms in total. The Bertz CT molecular complexity index is 1410. The van der Waals surface area contributed by atoms with Crippen LogP contribution in [0.3, 0.4) is 0 Å². The highest BCUT2D eigenvalue weighted by Crippen LogP contribution is 2.47. The van der Waals surface area contributed by atoms with Crippen molar-refractivity contribution in [1.82, 2.24) is 4.90 Å². The Kier molecular flexibility index (Phi) is 7.24. The van der Waals surface area contributed by atoms with E-state index >= 15 is 0 Å². The zero-order valence-corrected chi connectivity index (χ0v) is 22.8. The first kappa shape index (κ1) is 26.5. The van der Waals surface area contributed by atoms with Crippen LogP contribution in [0.1, 0.15) is 54.0 Å². The van der Waals surface area contributed by atoms with Gasteiger partial charge in [-0.15, -0.1) is 0 Å². The van der Waals surface area contributed by atoms with Gasteiger partial charge in [-0.2, -0.15) is 0 Å². The van der Waals surface area contributed by atoms with Crippen molar-refractivity contribution in [3.63, 3.8) is 0 Å². The number of hydrogen-bond donors (Lipinski definition) is 2. The van der Waals surface area contributed by atoms with Crippen molar-refractivity contribution in [1.29, 1.82) is 0 Å². The van der Waals surface area contributed by atoms with Crippen LogP contribution >= 0.6 is 0 Å². The number of carbonyl (C=O) groups excluding carboxylic acids is 1. The highest BCUT2D eigenvalue weighted by atomic mass is 16.6. The first-order chi connectivity index (χ1) is 17.4. The third kappa shape index (κ3) is 5.59. The fraction of sp³-hybridized carbons (Fsp3) is 0.448. The molecule has 0 unspecified atom stereocenters. The standard InChI is InChI=1S/C29H37N3O5/c1-8-32(9-2)17-16-30-22-19-14-15-29(6,7)36-25(19)23(31-27(34)37-28(3,4)5)26-21(22)24(33)18-12-10-11-13-20(18)35-26/h10-15,30H,8-9,16-17H2,1-7H3,(H,31,34). The largest absolute Gasteiger partial charge is 0.481 e. The lowest BCUT2D eigenvalue weighted by molar-refractivity contribution is 0.0634. The van der Waals surface area contributed by atoms with Crippen LogP contribution in [0.25, 0.3) is 28.0 Å². The van der Waals surface area contributed by atoms with Gasteiger partial charge in [0.1, 0.15) is 22.5 Å². The number of ether oxygens (including phenoxy) is 2. The Morgan fingerprint density at radius 3 is 2.49 bits per heavy atom. The molecule has 0 radical (unpaired) electrons. The summed E-state index contributed by atoms with van der Waals surface area (Å²) in [5, 5.41) is 7.14. The van der Waals surface area contributed by atoms with Gasteiger partial charge < -0.3 is 24.1 Å². The number of para-hydroxylation sites is 1. The number of rotatable bonds is 7. The molecule has 8 heteroatoms. The van der Waals surface area contributed by atoms with Gasteiger partial charge in [0.15, 0.2) is 11.3 Å². The van der Waals surface area contributed by atoms with Crippen molar-refractivity contribution < 1.29 is 18.7 Å². The van der Waals surface area contributed by atoms with Crippen LogP contribution in [-0.4, -0.2) is 48.4 Å². The molecule has 0 saturated carbocycles. The second-order valence-electron chi connectivity index (χ2n) is 10.7.